The van der Waals surface area contributed by atoms with E-state index in [2.05, 4.69) is 10.4 Å². The zero-order valence-electron chi connectivity index (χ0n) is 14.3. The zero-order valence-corrected chi connectivity index (χ0v) is 14.3. The normalized spacial score (nSPS) is 13.2. The molecule has 0 aliphatic heterocycles. The Hall–Kier alpha value is -3.19. The maximum atomic E-state index is 12.3. The smallest absolute Gasteiger partial charge is 0.266 e. The van der Waals surface area contributed by atoms with Crippen LogP contribution in [0.1, 0.15) is 12.5 Å². The highest BCUT2D eigenvalue weighted by Crippen LogP contribution is 2.20. The Morgan fingerprint density at radius 3 is 2.65 bits per heavy atom. The van der Waals surface area contributed by atoms with Crippen LogP contribution in [0.25, 0.3) is 11.5 Å². The van der Waals surface area contributed by atoms with Crippen molar-refractivity contribution in [2.24, 2.45) is 0 Å². The molecule has 7 nitrogen and oxygen atoms in total. The molecule has 7 heteroatoms. The highest BCUT2D eigenvalue weighted by Gasteiger charge is 2.31. The lowest BCUT2D eigenvalue weighted by Gasteiger charge is -2.22. The van der Waals surface area contributed by atoms with Crippen molar-refractivity contribution in [3.63, 3.8) is 0 Å². The van der Waals surface area contributed by atoms with E-state index in [1.54, 1.807) is 42.5 Å². The minimum Gasteiger partial charge on any atom is -0.463 e. The summed E-state index contributed by atoms with van der Waals surface area (Å²) in [6, 6.07) is 15.1. The van der Waals surface area contributed by atoms with Crippen LogP contribution in [0.5, 0.6) is 0 Å². The summed E-state index contributed by atoms with van der Waals surface area (Å²) in [6.07, 6.45) is 1.53. The van der Waals surface area contributed by atoms with E-state index in [4.69, 9.17) is 4.42 Å². The number of amides is 1. The minimum absolute atomic E-state index is 0.149. The molecule has 1 amide bonds. The summed E-state index contributed by atoms with van der Waals surface area (Å²) >= 11 is 0. The number of rotatable bonds is 6. The second kappa shape index (κ2) is 7.37. The van der Waals surface area contributed by atoms with E-state index in [1.807, 2.05) is 6.07 Å². The van der Waals surface area contributed by atoms with Crippen LogP contribution in [-0.2, 0) is 16.9 Å². The van der Waals surface area contributed by atoms with Gasteiger partial charge in [0.15, 0.2) is 11.4 Å². The predicted molar refractivity (Wildman–Crippen MR) is 95.2 cm³/mol. The molecule has 3 aromatic rings. The molecule has 1 atom stereocenters. The molecule has 0 bridgehead atoms. The molecule has 134 valence electrons. The average Bonchev–Trinajstić information content (AvgIpc) is 3.18. The first-order valence-corrected chi connectivity index (χ1v) is 8.17. The van der Waals surface area contributed by atoms with E-state index in [9.17, 15) is 14.7 Å². The Kier molecular flexibility index (Phi) is 4.99. The summed E-state index contributed by atoms with van der Waals surface area (Å²) in [5.41, 5.74) is -0.926. The van der Waals surface area contributed by atoms with Crippen LogP contribution in [0.15, 0.2) is 70.1 Å². The summed E-state index contributed by atoms with van der Waals surface area (Å²) < 4.78 is 6.52. The fraction of sp³-hybridized carbons (Fsp3) is 0.211. The fourth-order valence-corrected chi connectivity index (χ4v) is 2.51. The lowest BCUT2D eigenvalue weighted by atomic mass is 9.95. The van der Waals surface area contributed by atoms with Crippen molar-refractivity contribution in [1.82, 2.24) is 15.1 Å². The van der Waals surface area contributed by atoms with Gasteiger partial charge in [-0.05, 0) is 30.7 Å². The SMILES string of the molecule is CC(O)(C(=O)NCCn1nc(-c2ccco2)ccc1=O)c1ccccc1. The Labute approximate surface area is 149 Å². The number of furan rings is 1. The van der Waals surface area contributed by atoms with Crippen LogP contribution < -0.4 is 10.9 Å². The van der Waals surface area contributed by atoms with E-state index < -0.39 is 11.5 Å². The molecule has 0 aliphatic rings. The predicted octanol–water partition coefficient (Wildman–Crippen LogP) is 1.53. The second-order valence-corrected chi connectivity index (χ2v) is 5.95. The third kappa shape index (κ3) is 3.73. The van der Waals surface area contributed by atoms with Gasteiger partial charge in [0.25, 0.3) is 11.5 Å². The summed E-state index contributed by atoms with van der Waals surface area (Å²) in [6.45, 7) is 1.75. The highest BCUT2D eigenvalue weighted by atomic mass is 16.3. The van der Waals surface area contributed by atoms with Gasteiger partial charge in [-0.1, -0.05) is 30.3 Å². The molecule has 0 spiro atoms. The van der Waals surface area contributed by atoms with Gasteiger partial charge >= 0.3 is 0 Å². The van der Waals surface area contributed by atoms with E-state index in [-0.39, 0.29) is 18.6 Å². The van der Waals surface area contributed by atoms with Gasteiger partial charge in [-0.15, -0.1) is 0 Å². The molecule has 2 heterocycles. The number of hydrogen-bond acceptors (Lipinski definition) is 5. The van der Waals surface area contributed by atoms with E-state index >= 15 is 0 Å². The van der Waals surface area contributed by atoms with E-state index in [0.717, 1.165) is 0 Å². The first-order valence-electron chi connectivity index (χ1n) is 8.17. The van der Waals surface area contributed by atoms with Crippen molar-refractivity contribution < 1.29 is 14.3 Å². The van der Waals surface area contributed by atoms with E-state index in [0.29, 0.717) is 17.0 Å². The van der Waals surface area contributed by atoms with Gasteiger partial charge in [0.1, 0.15) is 5.69 Å². The number of aliphatic hydroxyl groups is 1. The molecule has 0 saturated heterocycles. The molecule has 2 N–H and O–H groups in total. The number of carbonyl (C=O) groups excluding carboxylic acids is 1. The quantitative estimate of drug-likeness (QED) is 0.700. The standard InChI is InChI=1S/C19H19N3O4/c1-19(25,14-6-3-2-4-7-14)18(24)20-11-12-22-17(23)10-9-15(21-22)16-8-5-13-26-16/h2-10,13,25H,11-12H2,1H3,(H,20,24). The number of nitrogens with zero attached hydrogens (tertiary/aromatic N) is 2. The number of benzene rings is 1. The molecule has 0 aliphatic carbocycles. The maximum Gasteiger partial charge on any atom is 0.266 e. The summed E-state index contributed by atoms with van der Waals surface area (Å²) in [7, 11) is 0. The van der Waals surface area contributed by atoms with Gasteiger partial charge in [-0.25, -0.2) is 4.68 Å². The Bertz CT molecular complexity index is 931. The number of hydrogen-bond donors (Lipinski definition) is 2. The third-order valence-electron chi connectivity index (χ3n) is 4.03. The molecule has 3 rings (SSSR count). The van der Waals surface area contributed by atoms with Crippen molar-refractivity contribution in [2.75, 3.05) is 6.54 Å². The van der Waals surface area contributed by atoms with Gasteiger partial charge in [0.05, 0.1) is 12.8 Å². The van der Waals surface area contributed by atoms with Crippen LogP contribution in [0, 0.1) is 0 Å². The lowest BCUT2D eigenvalue weighted by molar-refractivity contribution is -0.139. The minimum atomic E-state index is -1.66. The van der Waals surface area contributed by atoms with Gasteiger partial charge in [-0.3, -0.25) is 9.59 Å². The number of aromatic nitrogens is 2. The van der Waals surface area contributed by atoms with Crippen LogP contribution in [0.3, 0.4) is 0 Å². The number of carbonyl (C=O) groups is 1. The van der Waals surface area contributed by atoms with Gasteiger partial charge < -0.3 is 14.8 Å². The Morgan fingerprint density at radius 1 is 1.19 bits per heavy atom. The summed E-state index contributed by atoms with van der Waals surface area (Å²) in [5.74, 6) is 0.00809. The van der Waals surface area contributed by atoms with Crippen LogP contribution in [0.2, 0.25) is 0 Å². The van der Waals surface area contributed by atoms with Crippen molar-refractivity contribution in [2.45, 2.75) is 19.1 Å². The molecule has 26 heavy (non-hydrogen) atoms. The van der Waals surface area contributed by atoms with Crippen LogP contribution in [-0.4, -0.2) is 27.3 Å². The van der Waals surface area contributed by atoms with Crippen molar-refractivity contribution in [1.29, 1.82) is 0 Å². The molecule has 0 radical (unpaired) electrons. The lowest BCUT2D eigenvalue weighted by Crippen LogP contribution is -2.43. The van der Waals surface area contributed by atoms with E-state index in [1.165, 1.54) is 23.9 Å². The molecule has 1 aromatic carbocycles. The second-order valence-electron chi connectivity index (χ2n) is 5.95. The molecule has 0 saturated carbocycles. The van der Waals surface area contributed by atoms with Crippen LogP contribution >= 0.6 is 0 Å². The monoisotopic (exact) mass is 353 g/mol. The third-order valence-corrected chi connectivity index (χ3v) is 4.03. The first kappa shape index (κ1) is 17.6. The van der Waals surface area contributed by atoms with Crippen molar-refractivity contribution in [3.05, 3.63) is 76.8 Å². The first-order chi connectivity index (χ1) is 12.5. The van der Waals surface area contributed by atoms with Crippen LogP contribution in [0.4, 0.5) is 0 Å². The topological polar surface area (TPSA) is 97.4 Å². The maximum absolute atomic E-state index is 12.3. The molecule has 0 fully saturated rings. The zero-order chi connectivity index (χ0) is 18.6. The Morgan fingerprint density at radius 2 is 1.96 bits per heavy atom. The van der Waals surface area contributed by atoms with Crippen molar-refractivity contribution in [3.8, 4) is 11.5 Å². The number of nitrogens with one attached hydrogen (secondary N) is 1. The average molecular weight is 353 g/mol. The highest BCUT2D eigenvalue weighted by molar-refractivity contribution is 5.85. The largest absolute Gasteiger partial charge is 0.463 e. The van der Waals surface area contributed by atoms with Crippen molar-refractivity contribution >= 4 is 5.91 Å². The summed E-state index contributed by atoms with van der Waals surface area (Å²) in [5, 5.41) is 17.3. The molecule has 2 aromatic heterocycles. The van der Waals surface area contributed by atoms with Gasteiger partial charge in [0, 0.05) is 12.6 Å². The van der Waals surface area contributed by atoms with Gasteiger partial charge in [-0.2, -0.15) is 5.10 Å². The molecule has 1 unspecified atom stereocenters. The fourth-order valence-electron chi connectivity index (χ4n) is 2.51. The Balaban J connectivity index is 1.66. The molecular formula is C19H19N3O4. The summed E-state index contributed by atoms with van der Waals surface area (Å²) in [4.78, 5) is 24.3. The van der Waals surface area contributed by atoms with Gasteiger partial charge in [0.2, 0.25) is 0 Å². The molecular weight excluding hydrogens is 334 g/mol.